The van der Waals surface area contributed by atoms with Gasteiger partial charge in [-0.15, -0.1) is 0 Å². The number of carbonyl (C=O) groups is 1. The predicted molar refractivity (Wildman–Crippen MR) is 96.7 cm³/mol. The SMILES string of the molecule is CN(C)Cc1cc2n(c(=O)c1)CC1C[C@H]2CN(C(=O)OC(C)(C)C)C1. The number of hydrogen-bond donors (Lipinski definition) is 0. The van der Waals surface area contributed by atoms with Crippen LogP contribution >= 0.6 is 0 Å². The summed E-state index contributed by atoms with van der Waals surface area (Å²) in [5.41, 5.74) is 1.69. The molecule has 1 aromatic heterocycles. The van der Waals surface area contributed by atoms with Crippen LogP contribution in [0.25, 0.3) is 0 Å². The Balaban J connectivity index is 1.85. The standard InChI is InChI=1S/C19H29N3O3/c1-19(2,3)25-18(24)21-10-14-6-15(12-21)16-7-13(9-20(4)5)8-17(23)22(16)11-14/h7-8,14-15H,6,9-12H2,1-5H3/t14?,15-/m0/s1. The van der Waals surface area contributed by atoms with Gasteiger partial charge in [0.05, 0.1) is 0 Å². The van der Waals surface area contributed by atoms with Gasteiger partial charge in [-0.2, -0.15) is 0 Å². The maximum Gasteiger partial charge on any atom is 0.410 e. The van der Waals surface area contributed by atoms with Gasteiger partial charge in [-0.05, 0) is 58.8 Å². The summed E-state index contributed by atoms with van der Waals surface area (Å²) in [6.07, 6.45) is 0.784. The fraction of sp³-hybridized carbons (Fsp3) is 0.684. The van der Waals surface area contributed by atoms with Crippen LogP contribution in [0.1, 0.15) is 44.4 Å². The monoisotopic (exact) mass is 347 g/mol. The summed E-state index contributed by atoms with van der Waals surface area (Å²) in [6, 6.07) is 3.89. The maximum atomic E-state index is 12.5. The zero-order valence-corrected chi connectivity index (χ0v) is 15.9. The zero-order chi connectivity index (χ0) is 18.4. The molecule has 138 valence electrons. The average Bonchev–Trinajstić information content (AvgIpc) is 2.46. The molecule has 3 heterocycles. The van der Waals surface area contributed by atoms with E-state index in [1.807, 2.05) is 44.3 Å². The summed E-state index contributed by atoms with van der Waals surface area (Å²) in [5, 5.41) is 0. The van der Waals surface area contributed by atoms with Crippen LogP contribution in [0.2, 0.25) is 0 Å². The summed E-state index contributed by atoms with van der Waals surface area (Å²) in [5.74, 6) is 0.519. The van der Waals surface area contributed by atoms with Gasteiger partial charge in [-0.25, -0.2) is 4.79 Å². The van der Waals surface area contributed by atoms with Crippen LogP contribution < -0.4 is 5.56 Å². The highest BCUT2D eigenvalue weighted by atomic mass is 16.6. The van der Waals surface area contributed by atoms with E-state index < -0.39 is 5.60 Å². The minimum Gasteiger partial charge on any atom is -0.444 e. The van der Waals surface area contributed by atoms with E-state index >= 15 is 0 Å². The van der Waals surface area contributed by atoms with Gasteiger partial charge in [0.15, 0.2) is 0 Å². The minimum atomic E-state index is -0.489. The lowest BCUT2D eigenvalue weighted by atomic mass is 9.83. The number of rotatable bonds is 2. The van der Waals surface area contributed by atoms with Crippen LogP contribution in [-0.2, 0) is 17.8 Å². The zero-order valence-electron chi connectivity index (χ0n) is 15.9. The Hall–Kier alpha value is -1.82. The molecule has 1 fully saturated rings. The Labute approximate surface area is 149 Å². The number of aromatic nitrogens is 1. The highest BCUT2D eigenvalue weighted by Crippen LogP contribution is 2.36. The van der Waals surface area contributed by atoms with Crippen LogP contribution in [-0.4, -0.2) is 53.2 Å². The molecule has 2 atom stereocenters. The number of piperidine rings is 1. The van der Waals surface area contributed by atoms with Crippen molar-refractivity contribution < 1.29 is 9.53 Å². The molecule has 0 N–H and O–H groups in total. The van der Waals surface area contributed by atoms with E-state index in [2.05, 4.69) is 11.0 Å². The number of hydrogen-bond acceptors (Lipinski definition) is 4. The first-order valence-electron chi connectivity index (χ1n) is 8.98. The van der Waals surface area contributed by atoms with Crippen molar-refractivity contribution in [2.45, 2.75) is 51.8 Å². The Morgan fingerprint density at radius 2 is 1.96 bits per heavy atom. The number of pyridine rings is 1. The maximum absolute atomic E-state index is 12.5. The first-order valence-corrected chi connectivity index (χ1v) is 8.98. The van der Waals surface area contributed by atoms with Gasteiger partial charge < -0.3 is 19.1 Å². The number of nitrogens with zero attached hydrogens (tertiary/aromatic N) is 3. The second kappa shape index (κ2) is 6.48. The van der Waals surface area contributed by atoms with Gasteiger partial charge in [-0.1, -0.05) is 0 Å². The third-order valence-electron chi connectivity index (χ3n) is 4.77. The number of carbonyl (C=O) groups excluding carboxylic acids is 1. The number of ether oxygens (including phenoxy) is 1. The number of amides is 1. The Bertz CT molecular complexity index is 718. The number of likely N-dealkylation sites (tertiary alicyclic amines) is 1. The normalized spacial score (nSPS) is 22.7. The average molecular weight is 347 g/mol. The molecule has 1 aromatic rings. The fourth-order valence-corrected chi connectivity index (χ4v) is 3.95. The van der Waals surface area contributed by atoms with E-state index in [0.717, 1.165) is 24.2 Å². The summed E-state index contributed by atoms with van der Waals surface area (Å²) < 4.78 is 7.45. The highest BCUT2D eigenvalue weighted by Gasteiger charge is 2.37. The van der Waals surface area contributed by atoms with Crippen molar-refractivity contribution in [1.29, 1.82) is 0 Å². The van der Waals surface area contributed by atoms with E-state index in [1.54, 1.807) is 6.07 Å². The van der Waals surface area contributed by atoms with Gasteiger partial charge >= 0.3 is 6.09 Å². The molecule has 2 aliphatic heterocycles. The van der Waals surface area contributed by atoms with Gasteiger partial charge in [0, 0.05) is 43.9 Å². The minimum absolute atomic E-state index is 0.0785. The molecule has 25 heavy (non-hydrogen) atoms. The van der Waals surface area contributed by atoms with Crippen molar-refractivity contribution in [3.8, 4) is 0 Å². The van der Waals surface area contributed by atoms with Crippen molar-refractivity contribution in [3.63, 3.8) is 0 Å². The third kappa shape index (κ3) is 4.06. The lowest BCUT2D eigenvalue weighted by Gasteiger charge is -2.43. The molecule has 3 rings (SSSR count). The van der Waals surface area contributed by atoms with Gasteiger partial charge in [0.2, 0.25) is 0 Å². The second-order valence-electron chi connectivity index (χ2n) is 8.66. The molecule has 6 nitrogen and oxygen atoms in total. The fourth-order valence-electron chi connectivity index (χ4n) is 3.95. The molecule has 2 aliphatic rings. The van der Waals surface area contributed by atoms with Crippen LogP contribution in [0.3, 0.4) is 0 Å². The molecule has 1 unspecified atom stereocenters. The summed E-state index contributed by atoms with van der Waals surface area (Å²) in [7, 11) is 4.00. The van der Waals surface area contributed by atoms with Crippen LogP contribution in [0, 0.1) is 5.92 Å². The topological polar surface area (TPSA) is 54.8 Å². The lowest BCUT2D eigenvalue weighted by Crippen LogP contribution is -2.50. The molecular formula is C19H29N3O3. The van der Waals surface area contributed by atoms with Crippen LogP contribution in [0.5, 0.6) is 0 Å². The van der Waals surface area contributed by atoms with Crippen molar-refractivity contribution in [1.82, 2.24) is 14.4 Å². The Morgan fingerprint density at radius 3 is 2.60 bits per heavy atom. The summed E-state index contributed by atoms with van der Waals surface area (Å²) >= 11 is 0. The smallest absolute Gasteiger partial charge is 0.410 e. The number of fused-ring (bicyclic) bond motifs is 4. The highest BCUT2D eigenvalue weighted by molar-refractivity contribution is 5.68. The van der Waals surface area contributed by atoms with E-state index in [1.165, 1.54) is 0 Å². The van der Waals surface area contributed by atoms with E-state index in [9.17, 15) is 9.59 Å². The first kappa shape index (κ1) is 18.0. The van der Waals surface area contributed by atoms with Gasteiger partial charge in [0.25, 0.3) is 5.56 Å². The predicted octanol–water partition coefficient (Wildman–Crippen LogP) is 2.26. The molecule has 1 amide bonds. The van der Waals surface area contributed by atoms with Crippen molar-refractivity contribution in [2.75, 3.05) is 27.2 Å². The molecule has 2 bridgehead atoms. The van der Waals surface area contributed by atoms with E-state index in [0.29, 0.717) is 25.6 Å². The quantitative estimate of drug-likeness (QED) is 0.823. The van der Waals surface area contributed by atoms with E-state index in [-0.39, 0.29) is 17.6 Å². The van der Waals surface area contributed by atoms with Gasteiger partial charge in [-0.3, -0.25) is 4.79 Å². The van der Waals surface area contributed by atoms with Crippen LogP contribution in [0.15, 0.2) is 16.9 Å². The molecule has 0 spiro atoms. The molecule has 0 saturated carbocycles. The first-order chi connectivity index (χ1) is 11.6. The van der Waals surface area contributed by atoms with Gasteiger partial charge in [0.1, 0.15) is 5.60 Å². The summed E-state index contributed by atoms with van der Waals surface area (Å²) in [4.78, 5) is 28.9. The molecule has 0 aromatic carbocycles. The molecular weight excluding hydrogens is 318 g/mol. The van der Waals surface area contributed by atoms with Crippen molar-refractivity contribution in [2.24, 2.45) is 5.92 Å². The summed E-state index contributed by atoms with van der Waals surface area (Å²) in [6.45, 7) is 8.38. The third-order valence-corrected chi connectivity index (χ3v) is 4.77. The molecule has 6 heteroatoms. The lowest BCUT2D eigenvalue weighted by molar-refractivity contribution is 0.0102. The molecule has 1 saturated heterocycles. The molecule has 0 aliphatic carbocycles. The second-order valence-corrected chi connectivity index (χ2v) is 8.66. The van der Waals surface area contributed by atoms with Crippen molar-refractivity contribution in [3.05, 3.63) is 33.7 Å². The van der Waals surface area contributed by atoms with E-state index in [4.69, 9.17) is 4.74 Å². The largest absolute Gasteiger partial charge is 0.444 e. The van der Waals surface area contributed by atoms with Crippen molar-refractivity contribution >= 4 is 6.09 Å². The van der Waals surface area contributed by atoms with Crippen LogP contribution in [0.4, 0.5) is 4.79 Å². The Morgan fingerprint density at radius 1 is 1.24 bits per heavy atom. The molecule has 0 radical (unpaired) electrons. The Kier molecular flexibility index (Phi) is 4.66.